The molecule has 3 saturated heterocycles. The van der Waals surface area contributed by atoms with E-state index in [1.807, 2.05) is 0 Å². The van der Waals surface area contributed by atoms with Crippen molar-refractivity contribution in [3.63, 3.8) is 0 Å². The lowest BCUT2D eigenvalue weighted by Crippen LogP contribution is -2.61. The summed E-state index contributed by atoms with van der Waals surface area (Å²) < 4.78 is 0. The average Bonchev–Trinajstić information content (AvgIpc) is 3.18. The fraction of sp³-hybridized carbons (Fsp3) is 0.700. The second kappa shape index (κ2) is 10.6. The van der Waals surface area contributed by atoms with Gasteiger partial charge in [-0.05, 0) is 38.5 Å². The quantitative estimate of drug-likeness (QED) is 0.135. The molecule has 8 N–H and O–H groups in total. The topological polar surface area (TPSA) is 209 Å². The number of aliphatic imine (C=N–C) groups is 1. The molecule has 0 aliphatic carbocycles. The third kappa shape index (κ3) is 5.97. The number of carbonyl (C=O) groups is 5. The zero-order chi connectivity index (χ0) is 24.1. The number of carboxylic acid groups (broad SMARTS) is 1. The minimum absolute atomic E-state index is 0.0741. The third-order valence-corrected chi connectivity index (χ3v) is 6.32. The van der Waals surface area contributed by atoms with Crippen molar-refractivity contribution in [3.8, 4) is 0 Å². The van der Waals surface area contributed by atoms with Gasteiger partial charge in [-0.1, -0.05) is 0 Å². The number of hydrogen-bond donors (Lipinski definition) is 6. The zero-order valence-electron chi connectivity index (χ0n) is 18.3. The molecule has 13 heteroatoms. The number of fused-ring (bicyclic) bond motifs is 1. The zero-order valence-corrected chi connectivity index (χ0v) is 18.3. The molecule has 182 valence electrons. The predicted molar refractivity (Wildman–Crippen MR) is 116 cm³/mol. The van der Waals surface area contributed by atoms with E-state index < -0.39 is 54.9 Å². The summed E-state index contributed by atoms with van der Waals surface area (Å²) in [7, 11) is 0. The van der Waals surface area contributed by atoms with Crippen LogP contribution in [0.15, 0.2) is 4.99 Å². The van der Waals surface area contributed by atoms with E-state index in [4.69, 9.17) is 11.5 Å². The number of carbonyl (C=O) groups excluding carboxylic acids is 4. The van der Waals surface area contributed by atoms with Crippen molar-refractivity contribution in [2.24, 2.45) is 16.5 Å². The fourth-order valence-electron chi connectivity index (χ4n) is 4.80. The van der Waals surface area contributed by atoms with Crippen molar-refractivity contribution in [2.45, 2.75) is 75.2 Å². The minimum atomic E-state index is -1.22. The molecule has 3 aliphatic heterocycles. The summed E-state index contributed by atoms with van der Waals surface area (Å²) in [5.74, 6) is -3.17. The average molecular weight is 466 g/mol. The highest BCUT2D eigenvalue weighted by Gasteiger charge is 2.48. The van der Waals surface area contributed by atoms with Gasteiger partial charge in [-0.3, -0.25) is 34.3 Å². The number of carboxylic acids is 1. The van der Waals surface area contributed by atoms with Crippen LogP contribution in [0.4, 0.5) is 0 Å². The lowest BCUT2D eigenvalue weighted by Gasteiger charge is -2.39. The van der Waals surface area contributed by atoms with E-state index in [-0.39, 0.29) is 36.7 Å². The van der Waals surface area contributed by atoms with Gasteiger partial charge >= 0.3 is 5.97 Å². The minimum Gasteiger partial charge on any atom is -0.481 e. The van der Waals surface area contributed by atoms with E-state index in [9.17, 15) is 29.1 Å². The molecule has 0 saturated carbocycles. The molecule has 5 atom stereocenters. The van der Waals surface area contributed by atoms with Crippen LogP contribution in [0, 0.1) is 0 Å². The normalized spacial score (nSPS) is 30.4. The van der Waals surface area contributed by atoms with Crippen LogP contribution in [-0.4, -0.2) is 88.7 Å². The highest BCUT2D eigenvalue weighted by atomic mass is 16.4. The Hall–Kier alpha value is -3.22. The van der Waals surface area contributed by atoms with Gasteiger partial charge in [0.2, 0.25) is 17.7 Å². The summed E-state index contributed by atoms with van der Waals surface area (Å²) in [4.78, 5) is 68.5. The lowest BCUT2D eigenvalue weighted by atomic mass is 9.95. The molecule has 0 aromatic heterocycles. The Morgan fingerprint density at radius 1 is 1.09 bits per heavy atom. The van der Waals surface area contributed by atoms with Crippen LogP contribution in [0.3, 0.4) is 0 Å². The van der Waals surface area contributed by atoms with Crippen molar-refractivity contribution in [1.29, 1.82) is 0 Å². The van der Waals surface area contributed by atoms with Gasteiger partial charge in [0.25, 0.3) is 0 Å². The van der Waals surface area contributed by atoms with E-state index in [0.717, 1.165) is 0 Å². The summed E-state index contributed by atoms with van der Waals surface area (Å²) in [6, 6.07) is -3.63. The Balaban J connectivity index is 1.86. The van der Waals surface area contributed by atoms with Crippen LogP contribution < -0.4 is 27.4 Å². The molecule has 3 aliphatic rings. The summed E-state index contributed by atoms with van der Waals surface area (Å²) in [5, 5.41) is 17.1. The maximum Gasteiger partial charge on any atom is 0.305 e. The number of nitrogens with one attached hydrogen (secondary N) is 3. The van der Waals surface area contributed by atoms with Crippen LogP contribution in [0.25, 0.3) is 0 Å². The Bertz CT molecular complexity index is 843. The molecule has 0 aromatic carbocycles. The van der Waals surface area contributed by atoms with E-state index in [1.165, 1.54) is 0 Å². The number of aliphatic carboxylic acids is 1. The Morgan fingerprint density at radius 3 is 2.52 bits per heavy atom. The molecule has 33 heavy (non-hydrogen) atoms. The number of Topliss-reactive ketones (excluding diaryl/α,β-unsaturated/α-hetero) is 1. The molecule has 13 nitrogen and oxygen atoms in total. The first-order valence-corrected chi connectivity index (χ1v) is 11.1. The van der Waals surface area contributed by atoms with Crippen molar-refractivity contribution in [2.75, 3.05) is 13.1 Å². The number of hydrogen-bond acceptors (Lipinski definition) is 7. The van der Waals surface area contributed by atoms with Gasteiger partial charge in [-0.15, -0.1) is 0 Å². The molecular formula is C20H31N7O6. The van der Waals surface area contributed by atoms with E-state index in [0.29, 0.717) is 32.1 Å². The Kier molecular flexibility index (Phi) is 7.84. The molecular weight excluding hydrogens is 434 g/mol. The summed E-state index contributed by atoms with van der Waals surface area (Å²) in [6.07, 6.45) is 2.37. The Labute approximate surface area is 190 Å². The second-order valence-electron chi connectivity index (χ2n) is 8.63. The number of nitrogens with two attached hydrogens (primary N) is 2. The summed E-state index contributed by atoms with van der Waals surface area (Å²) in [6.45, 7) is -0.151. The van der Waals surface area contributed by atoms with Crippen molar-refractivity contribution >= 4 is 35.4 Å². The second-order valence-corrected chi connectivity index (χ2v) is 8.63. The van der Waals surface area contributed by atoms with Crippen LogP contribution in [0.1, 0.15) is 44.9 Å². The van der Waals surface area contributed by atoms with Crippen molar-refractivity contribution in [1.82, 2.24) is 20.9 Å². The van der Waals surface area contributed by atoms with Crippen molar-refractivity contribution in [3.05, 3.63) is 0 Å². The number of guanidine groups is 1. The van der Waals surface area contributed by atoms with Crippen LogP contribution in [0.5, 0.6) is 0 Å². The first-order chi connectivity index (χ1) is 15.7. The monoisotopic (exact) mass is 465 g/mol. The first kappa shape index (κ1) is 24.4. The molecule has 3 rings (SSSR count). The molecule has 3 heterocycles. The highest BCUT2D eigenvalue weighted by molar-refractivity contribution is 5.98. The molecule has 0 aromatic rings. The molecule has 0 spiro atoms. The number of rotatable bonds is 6. The molecule has 2 bridgehead atoms. The predicted octanol–water partition coefficient (Wildman–Crippen LogP) is -2.82. The third-order valence-electron chi connectivity index (χ3n) is 6.32. The van der Waals surface area contributed by atoms with E-state index in [2.05, 4.69) is 20.9 Å². The van der Waals surface area contributed by atoms with Gasteiger partial charge in [0.05, 0.1) is 37.1 Å². The number of piperidine rings is 1. The largest absolute Gasteiger partial charge is 0.481 e. The standard InChI is InChI=1S/C20H31N7O6/c21-20(22)23-7-1-2-11-17(31)14-6-4-10-3-5-12(19(33)27(10)14)25-13(8-16(29)30)18(32)24-9-15(28)26-11/h10-14,25H,1-9H2,(H,24,32)(H,26,28)(H,29,30)(H4,21,22,23)/t10-,11-,12-,13-,14-/m0/s1. The number of ketones is 1. The molecule has 0 radical (unpaired) electrons. The van der Waals surface area contributed by atoms with Gasteiger partial charge < -0.3 is 32.1 Å². The molecule has 0 unspecified atom stereocenters. The Morgan fingerprint density at radius 2 is 1.82 bits per heavy atom. The smallest absolute Gasteiger partial charge is 0.305 e. The molecule has 3 fully saturated rings. The van der Waals surface area contributed by atoms with Gasteiger partial charge in [0.15, 0.2) is 11.7 Å². The summed E-state index contributed by atoms with van der Waals surface area (Å²) >= 11 is 0. The molecule has 3 amide bonds. The lowest BCUT2D eigenvalue weighted by molar-refractivity contribution is -0.146. The van der Waals surface area contributed by atoms with Gasteiger partial charge in [-0.25, -0.2) is 0 Å². The first-order valence-electron chi connectivity index (χ1n) is 11.1. The maximum atomic E-state index is 13.4. The van der Waals surface area contributed by atoms with Gasteiger partial charge in [0, 0.05) is 12.6 Å². The van der Waals surface area contributed by atoms with Crippen LogP contribution >= 0.6 is 0 Å². The summed E-state index contributed by atoms with van der Waals surface area (Å²) in [5.41, 5.74) is 10.7. The van der Waals surface area contributed by atoms with Crippen LogP contribution in [-0.2, 0) is 24.0 Å². The van der Waals surface area contributed by atoms with Crippen LogP contribution in [0.2, 0.25) is 0 Å². The maximum absolute atomic E-state index is 13.4. The number of amides is 3. The van der Waals surface area contributed by atoms with E-state index in [1.54, 1.807) is 4.90 Å². The van der Waals surface area contributed by atoms with E-state index >= 15 is 0 Å². The SMILES string of the molecule is NC(N)=NCCC[C@@H]1NC(=O)CNC(=O)[C@H](CC(=O)O)N[C@H]2CC[C@H]3CC[C@@H](C1=O)N3C2=O. The van der Waals surface area contributed by atoms with Gasteiger partial charge in [-0.2, -0.15) is 0 Å². The highest BCUT2D eigenvalue weighted by Crippen LogP contribution is 2.34. The van der Waals surface area contributed by atoms with Gasteiger partial charge in [0.1, 0.15) is 0 Å². The fourth-order valence-corrected chi connectivity index (χ4v) is 4.80. The number of nitrogens with zero attached hydrogens (tertiary/aromatic N) is 2. The van der Waals surface area contributed by atoms with Crippen molar-refractivity contribution < 1.29 is 29.1 Å².